The Morgan fingerprint density at radius 1 is 1.20 bits per heavy atom. The molecule has 2 heterocycles. The predicted octanol–water partition coefficient (Wildman–Crippen LogP) is -0.178. The summed E-state index contributed by atoms with van der Waals surface area (Å²) in [5.74, 6) is 0.0774. The van der Waals surface area contributed by atoms with Gasteiger partial charge < -0.3 is 29.5 Å². The van der Waals surface area contributed by atoms with E-state index in [9.17, 15) is 15.3 Å². The second kappa shape index (κ2) is 5.31. The first-order chi connectivity index (χ1) is 9.67. The fourth-order valence-electron chi connectivity index (χ4n) is 2.97. The minimum absolute atomic E-state index is 0.385. The molecule has 6 atom stereocenters. The normalized spacial score (nSPS) is 39.6. The highest BCUT2D eigenvalue weighted by Crippen LogP contribution is 2.45. The molecular formula is C14H18O6. The van der Waals surface area contributed by atoms with E-state index in [4.69, 9.17) is 14.2 Å². The van der Waals surface area contributed by atoms with Gasteiger partial charge in [0.25, 0.3) is 0 Å². The maximum Gasteiger partial charge on any atom is 0.208 e. The third kappa shape index (κ3) is 2.01. The van der Waals surface area contributed by atoms with Crippen LogP contribution in [0.15, 0.2) is 24.3 Å². The zero-order chi connectivity index (χ0) is 14.3. The molecule has 3 N–H and O–H groups in total. The van der Waals surface area contributed by atoms with Crippen LogP contribution in [-0.2, 0) is 9.47 Å². The van der Waals surface area contributed by atoms with Crippen LogP contribution in [0, 0.1) is 5.92 Å². The van der Waals surface area contributed by atoms with Crippen LogP contribution in [-0.4, -0.2) is 53.6 Å². The van der Waals surface area contributed by atoms with Crippen molar-refractivity contribution in [3.63, 3.8) is 0 Å². The van der Waals surface area contributed by atoms with Gasteiger partial charge in [0.1, 0.15) is 18.0 Å². The molecule has 2 aliphatic heterocycles. The van der Waals surface area contributed by atoms with Crippen LogP contribution >= 0.6 is 0 Å². The Labute approximate surface area is 116 Å². The molecule has 110 valence electrons. The molecule has 0 saturated carbocycles. The molecule has 0 spiro atoms. The van der Waals surface area contributed by atoms with Gasteiger partial charge in [0.2, 0.25) is 6.29 Å². The van der Waals surface area contributed by atoms with Crippen LogP contribution in [0.1, 0.15) is 11.7 Å². The third-order valence-electron chi connectivity index (χ3n) is 4.00. The molecule has 6 heteroatoms. The number of hydrogen-bond acceptors (Lipinski definition) is 6. The lowest BCUT2D eigenvalue weighted by Gasteiger charge is -2.47. The summed E-state index contributed by atoms with van der Waals surface area (Å²) in [5, 5.41) is 29.5. The zero-order valence-corrected chi connectivity index (χ0v) is 11.0. The van der Waals surface area contributed by atoms with E-state index in [1.54, 1.807) is 13.2 Å². The lowest BCUT2D eigenvalue weighted by atomic mass is 9.82. The summed E-state index contributed by atoms with van der Waals surface area (Å²) in [5.41, 5.74) is 0.813. The average Bonchev–Trinajstić information content (AvgIpc) is 2.48. The maximum absolute atomic E-state index is 10.3. The molecule has 1 aromatic carbocycles. The van der Waals surface area contributed by atoms with E-state index < -0.39 is 36.6 Å². The quantitative estimate of drug-likeness (QED) is 0.697. The monoisotopic (exact) mass is 282 g/mol. The van der Waals surface area contributed by atoms with Gasteiger partial charge in [0.05, 0.1) is 24.7 Å². The molecule has 0 amide bonds. The lowest BCUT2D eigenvalue weighted by molar-refractivity contribution is -0.285. The number of ether oxygens (including phenoxy) is 3. The van der Waals surface area contributed by atoms with Crippen LogP contribution in [0.4, 0.5) is 0 Å². The molecule has 3 rings (SSSR count). The van der Waals surface area contributed by atoms with Gasteiger partial charge in [0, 0.05) is 12.7 Å². The summed E-state index contributed by atoms with van der Waals surface area (Å²) in [6, 6.07) is 7.35. The number of rotatable bonds is 2. The highest BCUT2D eigenvalue weighted by Gasteiger charge is 2.52. The first kappa shape index (κ1) is 13.8. The molecule has 0 unspecified atom stereocenters. The fraction of sp³-hybridized carbons (Fsp3) is 0.571. The van der Waals surface area contributed by atoms with Crippen molar-refractivity contribution in [2.45, 2.75) is 30.7 Å². The summed E-state index contributed by atoms with van der Waals surface area (Å²) in [6.07, 6.45) is -4.33. The van der Waals surface area contributed by atoms with Crippen molar-refractivity contribution in [1.82, 2.24) is 0 Å². The van der Waals surface area contributed by atoms with E-state index in [-0.39, 0.29) is 6.61 Å². The van der Waals surface area contributed by atoms with Gasteiger partial charge >= 0.3 is 0 Å². The molecular weight excluding hydrogens is 264 g/mol. The second-order valence-electron chi connectivity index (χ2n) is 5.10. The fourth-order valence-corrected chi connectivity index (χ4v) is 2.97. The van der Waals surface area contributed by atoms with Gasteiger partial charge in [-0.15, -0.1) is 0 Å². The van der Waals surface area contributed by atoms with Crippen LogP contribution < -0.4 is 4.74 Å². The highest BCUT2D eigenvalue weighted by molar-refractivity contribution is 5.38. The first-order valence-corrected chi connectivity index (χ1v) is 6.58. The van der Waals surface area contributed by atoms with Crippen molar-refractivity contribution in [1.29, 1.82) is 0 Å². The smallest absolute Gasteiger partial charge is 0.208 e. The van der Waals surface area contributed by atoms with Crippen molar-refractivity contribution in [2.24, 2.45) is 5.92 Å². The molecule has 1 saturated heterocycles. The summed E-state index contributed by atoms with van der Waals surface area (Å²) < 4.78 is 16.8. The van der Waals surface area contributed by atoms with Crippen LogP contribution in [0.2, 0.25) is 0 Å². The highest BCUT2D eigenvalue weighted by atomic mass is 16.7. The number of benzene rings is 1. The van der Waals surface area contributed by atoms with Crippen LogP contribution in [0.3, 0.4) is 0 Å². The van der Waals surface area contributed by atoms with Gasteiger partial charge in [-0.25, -0.2) is 0 Å². The third-order valence-corrected chi connectivity index (χ3v) is 4.00. The standard InChI is InChI=1S/C14H18O6/c1-18-13-7-4-2-3-5-8(7)19-14-10(13)12(17)11(16)9(6-15)20-14/h2-5,9-17H,6H2,1H3/t9-,10-,11-,12-,13-,14-/m1/s1. The average molecular weight is 282 g/mol. The van der Waals surface area contributed by atoms with Crippen LogP contribution in [0.5, 0.6) is 5.75 Å². The number of aliphatic hydroxyl groups excluding tert-OH is 3. The Morgan fingerprint density at radius 2 is 1.95 bits per heavy atom. The number of aliphatic hydroxyl groups is 3. The molecule has 0 bridgehead atoms. The van der Waals surface area contributed by atoms with E-state index in [2.05, 4.69) is 0 Å². The zero-order valence-electron chi connectivity index (χ0n) is 11.0. The Balaban J connectivity index is 1.98. The largest absolute Gasteiger partial charge is 0.464 e. The maximum atomic E-state index is 10.3. The van der Waals surface area contributed by atoms with Crippen molar-refractivity contribution < 1.29 is 29.5 Å². The molecule has 20 heavy (non-hydrogen) atoms. The number of fused-ring (bicyclic) bond motifs is 2. The summed E-state index contributed by atoms with van der Waals surface area (Å²) >= 11 is 0. The summed E-state index contributed by atoms with van der Waals surface area (Å²) in [4.78, 5) is 0. The topological polar surface area (TPSA) is 88.4 Å². The van der Waals surface area contributed by atoms with Crippen molar-refractivity contribution in [2.75, 3.05) is 13.7 Å². The Hall–Kier alpha value is -1.18. The predicted molar refractivity (Wildman–Crippen MR) is 68.1 cm³/mol. The molecule has 0 aromatic heterocycles. The van der Waals surface area contributed by atoms with Crippen LogP contribution in [0.25, 0.3) is 0 Å². The lowest BCUT2D eigenvalue weighted by Crippen LogP contribution is -2.60. The van der Waals surface area contributed by atoms with Gasteiger partial charge in [-0.3, -0.25) is 0 Å². The number of para-hydroxylation sites is 1. The van der Waals surface area contributed by atoms with Gasteiger partial charge in [-0.2, -0.15) is 0 Å². The van der Waals surface area contributed by atoms with E-state index in [0.717, 1.165) is 5.56 Å². The molecule has 0 aliphatic carbocycles. The molecule has 0 radical (unpaired) electrons. The summed E-state index contributed by atoms with van der Waals surface area (Å²) in [6.45, 7) is -0.385. The Morgan fingerprint density at radius 3 is 2.65 bits per heavy atom. The van der Waals surface area contributed by atoms with Crippen molar-refractivity contribution in [3.05, 3.63) is 29.8 Å². The van der Waals surface area contributed by atoms with Crippen molar-refractivity contribution >= 4 is 0 Å². The first-order valence-electron chi connectivity index (χ1n) is 6.58. The molecule has 6 nitrogen and oxygen atoms in total. The minimum atomic E-state index is -1.17. The summed E-state index contributed by atoms with van der Waals surface area (Å²) in [7, 11) is 1.54. The molecule has 1 aromatic rings. The SMILES string of the molecule is CO[C@@H]1c2ccccc2O[C@@H]2O[C@H](CO)[C@@H](O)[C@H](O)[C@@H]21. The molecule has 2 aliphatic rings. The van der Waals surface area contributed by atoms with Gasteiger partial charge in [-0.1, -0.05) is 18.2 Å². The van der Waals surface area contributed by atoms with E-state index >= 15 is 0 Å². The van der Waals surface area contributed by atoms with E-state index in [1.807, 2.05) is 18.2 Å². The van der Waals surface area contributed by atoms with Crippen molar-refractivity contribution in [3.8, 4) is 5.75 Å². The molecule has 1 fully saturated rings. The Bertz CT molecular complexity index is 478. The van der Waals surface area contributed by atoms with E-state index in [1.165, 1.54) is 0 Å². The van der Waals surface area contributed by atoms with E-state index in [0.29, 0.717) is 5.75 Å². The van der Waals surface area contributed by atoms with Gasteiger partial charge in [-0.05, 0) is 6.07 Å². The minimum Gasteiger partial charge on any atom is -0.464 e. The Kier molecular flexibility index (Phi) is 3.66. The number of hydrogen-bond donors (Lipinski definition) is 3. The second-order valence-corrected chi connectivity index (χ2v) is 5.10. The van der Waals surface area contributed by atoms with Gasteiger partial charge in [0.15, 0.2) is 0 Å². The number of methoxy groups -OCH3 is 1.